The van der Waals surface area contributed by atoms with Gasteiger partial charge in [0.15, 0.2) is 12.4 Å². The predicted octanol–water partition coefficient (Wildman–Crippen LogP) is 0.146. The molecule has 0 radical (unpaired) electrons. The Bertz CT molecular complexity index is 357. The molecule has 1 unspecified atom stereocenters. The van der Waals surface area contributed by atoms with Crippen molar-refractivity contribution in [3.8, 4) is 11.8 Å². The molecule has 0 saturated carbocycles. The van der Waals surface area contributed by atoms with Gasteiger partial charge in [-0.25, -0.2) is 4.98 Å². The monoisotopic (exact) mass is 244 g/mol. The molecule has 0 aromatic carbocycles. The Morgan fingerprint density at radius 3 is 2.24 bits per heavy atom. The van der Waals surface area contributed by atoms with E-state index >= 15 is 0 Å². The maximum absolute atomic E-state index is 9.98. The highest BCUT2D eigenvalue weighted by molar-refractivity contribution is 5.25. The van der Waals surface area contributed by atoms with Crippen molar-refractivity contribution in [2.24, 2.45) is 0 Å². The van der Waals surface area contributed by atoms with Crippen LogP contribution in [0.5, 0.6) is 11.8 Å². The number of ether oxygens (including phenoxy) is 4. The Morgan fingerprint density at radius 1 is 1.12 bits per heavy atom. The highest BCUT2D eigenvalue weighted by Crippen LogP contribution is 2.26. The highest BCUT2D eigenvalue weighted by atomic mass is 16.7. The minimum atomic E-state index is -1.10. The third-order valence-corrected chi connectivity index (χ3v) is 2.15. The van der Waals surface area contributed by atoms with Gasteiger partial charge >= 0.3 is 0 Å². The van der Waals surface area contributed by atoms with Gasteiger partial charge in [-0.05, 0) is 0 Å². The molecular formula is C10H16N2O5. The summed E-state index contributed by atoms with van der Waals surface area (Å²) in [6.45, 7) is 0. The maximum atomic E-state index is 9.98. The van der Waals surface area contributed by atoms with Crippen molar-refractivity contribution in [2.45, 2.75) is 12.4 Å². The number of nitrogens with zero attached hydrogens (tertiary/aromatic N) is 2. The lowest BCUT2D eigenvalue weighted by molar-refractivity contribution is -0.167. The molecule has 1 atom stereocenters. The van der Waals surface area contributed by atoms with E-state index in [1.807, 2.05) is 0 Å². The van der Waals surface area contributed by atoms with Crippen molar-refractivity contribution in [3.05, 3.63) is 11.9 Å². The summed E-state index contributed by atoms with van der Waals surface area (Å²) in [5.74, 6) is 0.458. The summed E-state index contributed by atoms with van der Waals surface area (Å²) in [7, 11) is 5.72. The quantitative estimate of drug-likeness (QED) is 0.713. The Hall–Kier alpha value is -1.44. The second kappa shape index (κ2) is 6.33. The minimum Gasteiger partial charge on any atom is -0.480 e. The summed E-state index contributed by atoms with van der Waals surface area (Å²) < 4.78 is 19.8. The average molecular weight is 244 g/mol. The van der Waals surface area contributed by atoms with E-state index < -0.39 is 12.4 Å². The SMILES string of the molecule is COc1cnc(C(O)C(OC)OC)c(OC)n1. The molecular weight excluding hydrogens is 228 g/mol. The van der Waals surface area contributed by atoms with E-state index in [4.69, 9.17) is 18.9 Å². The Morgan fingerprint density at radius 2 is 1.76 bits per heavy atom. The number of aliphatic hydroxyl groups excluding tert-OH is 1. The summed E-state index contributed by atoms with van der Waals surface area (Å²) in [6.07, 6.45) is -0.561. The molecule has 0 saturated heterocycles. The largest absolute Gasteiger partial charge is 0.480 e. The average Bonchev–Trinajstić information content (AvgIpc) is 2.39. The number of rotatable bonds is 6. The molecule has 7 heteroatoms. The molecule has 1 aromatic rings. The van der Waals surface area contributed by atoms with E-state index in [9.17, 15) is 5.11 Å². The van der Waals surface area contributed by atoms with Crippen LogP contribution in [0.15, 0.2) is 6.20 Å². The van der Waals surface area contributed by atoms with E-state index in [-0.39, 0.29) is 11.6 Å². The molecule has 1 heterocycles. The molecule has 0 spiro atoms. The first-order chi connectivity index (χ1) is 8.17. The Balaban J connectivity index is 3.03. The summed E-state index contributed by atoms with van der Waals surface area (Å²) in [4.78, 5) is 8.02. The lowest BCUT2D eigenvalue weighted by Crippen LogP contribution is -2.24. The van der Waals surface area contributed by atoms with E-state index in [2.05, 4.69) is 9.97 Å². The van der Waals surface area contributed by atoms with Gasteiger partial charge < -0.3 is 24.1 Å². The van der Waals surface area contributed by atoms with Crippen LogP contribution in [0.25, 0.3) is 0 Å². The Kier molecular flexibility index (Phi) is 5.08. The number of methoxy groups -OCH3 is 4. The van der Waals surface area contributed by atoms with Gasteiger partial charge in [0.2, 0.25) is 11.8 Å². The van der Waals surface area contributed by atoms with E-state index in [1.54, 1.807) is 0 Å². The molecule has 0 aliphatic heterocycles. The van der Waals surface area contributed by atoms with E-state index in [1.165, 1.54) is 34.6 Å². The molecule has 0 aliphatic carbocycles. The Labute approximate surface area is 99.3 Å². The molecule has 1 rings (SSSR count). The number of aliphatic hydroxyl groups is 1. The van der Waals surface area contributed by atoms with Crippen LogP contribution >= 0.6 is 0 Å². The molecule has 96 valence electrons. The van der Waals surface area contributed by atoms with Crippen LogP contribution < -0.4 is 9.47 Å². The van der Waals surface area contributed by atoms with Gasteiger partial charge in [-0.3, -0.25) is 0 Å². The van der Waals surface area contributed by atoms with Crippen molar-refractivity contribution in [2.75, 3.05) is 28.4 Å². The first kappa shape index (κ1) is 13.6. The van der Waals surface area contributed by atoms with Gasteiger partial charge in [0.1, 0.15) is 5.69 Å². The summed E-state index contributed by atoms with van der Waals surface area (Å²) in [5.41, 5.74) is 0.224. The number of hydrogen-bond donors (Lipinski definition) is 1. The molecule has 0 amide bonds. The molecule has 0 bridgehead atoms. The van der Waals surface area contributed by atoms with Crippen molar-refractivity contribution in [1.29, 1.82) is 0 Å². The van der Waals surface area contributed by atoms with Gasteiger partial charge in [0.05, 0.1) is 20.4 Å². The fourth-order valence-electron chi connectivity index (χ4n) is 1.30. The lowest BCUT2D eigenvalue weighted by atomic mass is 10.2. The van der Waals surface area contributed by atoms with Gasteiger partial charge in [0.25, 0.3) is 0 Å². The van der Waals surface area contributed by atoms with Crippen LogP contribution in [0.3, 0.4) is 0 Å². The van der Waals surface area contributed by atoms with Gasteiger partial charge in [-0.2, -0.15) is 4.98 Å². The maximum Gasteiger partial charge on any atom is 0.241 e. The molecule has 0 fully saturated rings. The fourth-order valence-corrected chi connectivity index (χ4v) is 1.30. The van der Waals surface area contributed by atoms with Crippen molar-refractivity contribution < 1.29 is 24.1 Å². The van der Waals surface area contributed by atoms with E-state index in [0.29, 0.717) is 5.88 Å². The first-order valence-electron chi connectivity index (χ1n) is 4.86. The molecule has 7 nitrogen and oxygen atoms in total. The minimum absolute atomic E-state index is 0.163. The van der Waals surface area contributed by atoms with Crippen molar-refractivity contribution in [1.82, 2.24) is 9.97 Å². The van der Waals surface area contributed by atoms with Gasteiger partial charge in [0, 0.05) is 14.2 Å². The summed E-state index contributed by atoms with van der Waals surface area (Å²) >= 11 is 0. The normalized spacial score (nSPS) is 12.6. The number of hydrogen-bond acceptors (Lipinski definition) is 7. The fraction of sp³-hybridized carbons (Fsp3) is 0.600. The van der Waals surface area contributed by atoms with Crippen LogP contribution in [-0.4, -0.2) is 49.8 Å². The third-order valence-electron chi connectivity index (χ3n) is 2.15. The second-order valence-electron chi connectivity index (χ2n) is 3.09. The zero-order valence-corrected chi connectivity index (χ0v) is 10.2. The molecule has 17 heavy (non-hydrogen) atoms. The van der Waals surface area contributed by atoms with Crippen LogP contribution in [0.2, 0.25) is 0 Å². The molecule has 1 aromatic heterocycles. The number of aromatic nitrogens is 2. The van der Waals surface area contributed by atoms with Crippen LogP contribution in [0.1, 0.15) is 11.8 Å². The lowest BCUT2D eigenvalue weighted by Gasteiger charge is -2.20. The second-order valence-corrected chi connectivity index (χ2v) is 3.09. The van der Waals surface area contributed by atoms with E-state index in [0.717, 1.165) is 0 Å². The van der Waals surface area contributed by atoms with Crippen LogP contribution in [0, 0.1) is 0 Å². The van der Waals surface area contributed by atoms with Gasteiger partial charge in [-0.1, -0.05) is 0 Å². The van der Waals surface area contributed by atoms with Crippen LogP contribution in [0.4, 0.5) is 0 Å². The van der Waals surface area contributed by atoms with Crippen molar-refractivity contribution in [3.63, 3.8) is 0 Å². The molecule has 1 N–H and O–H groups in total. The zero-order valence-electron chi connectivity index (χ0n) is 10.2. The van der Waals surface area contributed by atoms with Crippen molar-refractivity contribution >= 4 is 0 Å². The molecule has 0 aliphatic rings. The van der Waals surface area contributed by atoms with Gasteiger partial charge in [-0.15, -0.1) is 0 Å². The first-order valence-corrected chi connectivity index (χ1v) is 4.86. The summed E-state index contributed by atoms with van der Waals surface area (Å²) in [5, 5.41) is 9.98. The standard InChI is InChI=1S/C10H16N2O5/c1-14-6-5-11-7(9(12-6)15-2)8(13)10(16-3)17-4/h5,8,10,13H,1-4H3. The highest BCUT2D eigenvalue weighted by Gasteiger charge is 2.26. The van der Waals surface area contributed by atoms with Crippen LogP contribution in [-0.2, 0) is 9.47 Å². The summed E-state index contributed by atoms with van der Waals surface area (Å²) in [6, 6.07) is 0. The smallest absolute Gasteiger partial charge is 0.241 e. The topological polar surface area (TPSA) is 82.9 Å². The third kappa shape index (κ3) is 3.02. The zero-order chi connectivity index (χ0) is 12.8. The predicted molar refractivity (Wildman–Crippen MR) is 57.9 cm³/mol.